The molecule has 222 valence electrons. The molecule has 0 bridgehead atoms. The van der Waals surface area contributed by atoms with Gasteiger partial charge >= 0.3 is 21.9 Å². The number of ketones is 1. The first-order valence-corrected chi connectivity index (χ1v) is 14.4. The highest BCUT2D eigenvalue weighted by Crippen LogP contribution is 2.34. The van der Waals surface area contributed by atoms with Gasteiger partial charge in [0, 0.05) is 23.2 Å². The van der Waals surface area contributed by atoms with Crippen LogP contribution in [-0.2, 0) is 26.3 Å². The van der Waals surface area contributed by atoms with E-state index in [1.165, 1.54) is 16.9 Å². The fourth-order valence-electron chi connectivity index (χ4n) is 3.88. The topological polar surface area (TPSA) is 107 Å². The Balaban J connectivity index is 2.13. The van der Waals surface area contributed by atoms with Crippen molar-refractivity contribution in [2.24, 2.45) is 0 Å². The maximum absolute atomic E-state index is 14.4. The van der Waals surface area contributed by atoms with Gasteiger partial charge < -0.3 is 4.74 Å². The summed E-state index contributed by atoms with van der Waals surface area (Å²) in [6, 6.07) is 7.85. The number of aryl methyl sites for hydroxylation is 1. The zero-order chi connectivity index (χ0) is 31.0. The van der Waals surface area contributed by atoms with Gasteiger partial charge in [-0.3, -0.25) is 4.79 Å². The Labute approximate surface area is 229 Å². The Morgan fingerprint density at radius 1 is 0.902 bits per heavy atom. The number of sulfone groups is 1. The van der Waals surface area contributed by atoms with Crippen molar-refractivity contribution in [2.75, 3.05) is 0 Å². The fraction of sp³-hybridized carbons (Fsp3) is 0.240. The molecular weight excluding hydrogens is 607 g/mol. The summed E-state index contributed by atoms with van der Waals surface area (Å²) < 4.78 is 146. The van der Waals surface area contributed by atoms with Crippen LogP contribution in [0.1, 0.15) is 46.9 Å². The number of rotatable bonds is 9. The van der Waals surface area contributed by atoms with Crippen molar-refractivity contribution in [1.29, 1.82) is 0 Å². The highest BCUT2D eigenvalue weighted by Gasteiger charge is 2.46. The Bertz CT molecular complexity index is 1690. The van der Waals surface area contributed by atoms with Crippen LogP contribution in [0.15, 0.2) is 70.5 Å². The number of ether oxygens (including phenoxy) is 1. The van der Waals surface area contributed by atoms with Gasteiger partial charge in [-0.05, 0) is 54.8 Å². The molecule has 16 heteroatoms. The molecular formula is C25H20F7NO6S2. The van der Waals surface area contributed by atoms with Crippen LogP contribution in [0.2, 0.25) is 0 Å². The predicted molar refractivity (Wildman–Crippen MR) is 131 cm³/mol. The normalized spacial score (nSPS) is 13.6. The van der Waals surface area contributed by atoms with Crippen molar-refractivity contribution in [1.82, 2.24) is 4.72 Å². The highest BCUT2D eigenvalue weighted by atomic mass is 32.2. The maximum atomic E-state index is 14.4. The van der Waals surface area contributed by atoms with Gasteiger partial charge in [0.25, 0.3) is 0 Å². The van der Waals surface area contributed by atoms with E-state index in [0.29, 0.717) is 12.1 Å². The molecule has 0 amide bonds. The molecule has 0 fully saturated rings. The molecule has 0 aliphatic carbocycles. The molecule has 7 nitrogen and oxygen atoms in total. The molecule has 1 N–H and O–H groups in total. The number of carbonyl (C=O) groups is 1. The molecule has 1 unspecified atom stereocenters. The van der Waals surface area contributed by atoms with Crippen molar-refractivity contribution in [3.63, 3.8) is 0 Å². The SMILES string of the molecule is CCc1cc(C(=O)c2ccc(OC(F)(F)F)cc2S(=O)(=O)c2ccccc2F)ccc1C(C)NS(=O)(=O)C(F)(F)F. The molecule has 3 aromatic carbocycles. The second kappa shape index (κ2) is 11.4. The second-order valence-electron chi connectivity index (χ2n) is 8.52. The Hall–Kier alpha value is -3.50. The molecule has 41 heavy (non-hydrogen) atoms. The van der Waals surface area contributed by atoms with Gasteiger partial charge in [0.05, 0.1) is 4.90 Å². The van der Waals surface area contributed by atoms with Gasteiger partial charge in [0.15, 0.2) is 5.78 Å². The molecule has 0 radical (unpaired) electrons. The summed E-state index contributed by atoms with van der Waals surface area (Å²) in [7, 11) is -10.6. The Morgan fingerprint density at radius 3 is 2.10 bits per heavy atom. The van der Waals surface area contributed by atoms with Crippen LogP contribution >= 0.6 is 0 Å². The Morgan fingerprint density at radius 2 is 1.54 bits per heavy atom. The van der Waals surface area contributed by atoms with Gasteiger partial charge in [-0.15, -0.1) is 13.2 Å². The van der Waals surface area contributed by atoms with Crippen molar-refractivity contribution in [2.45, 2.75) is 48.0 Å². The van der Waals surface area contributed by atoms with E-state index in [9.17, 15) is 52.4 Å². The average Bonchev–Trinajstić information content (AvgIpc) is 2.86. The second-order valence-corrected chi connectivity index (χ2v) is 12.1. The van der Waals surface area contributed by atoms with Crippen molar-refractivity contribution in [3.8, 4) is 5.75 Å². The first-order chi connectivity index (χ1) is 18.8. The van der Waals surface area contributed by atoms with Gasteiger partial charge in [0.1, 0.15) is 16.5 Å². The number of nitrogens with one attached hydrogen (secondary N) is 1. The summed E-state index contributed by atoms with van der Waals surface area (Å²) in [5.41, 5.74) is -6.17. The first-order valence-electron chi connectivity index (χ1n) is 11.4. The number of alkyl halides is 6. The van der Waals surface area contributed by atoms with Crippen LogP contribution in [0.5, 0.6) is 5.75 Å². The third-order valence-electron chi connectivity index (χ3n) is 5.74. The molecule has 0 aromatic heterocycles. The lowest BCUT2D eigenvalue weighted by molar-refractivity contribution is -0.274. The van der Waals surface area contributed by atoms with Gasteiger partial charge in [-0.2, -0.15) is 13.2 Å². The summed E-state index contributed by atoms with van der Waals surface area (Å²) >= 11 is 0. The minimum atomic E-state index is -5.71. The smallest absolute Gasteiger partial charge is 0.406 e. The number of sulfonamides is 1. The number of halogens is 7. The van der Waals surface area contributed by atoms with Crippen LogP contribution < -0.4 is 9.46 Å². The van der Waals surface area contributed by atoms with Crippen molar-refractivity contribution >= 4 is 25.6 Å². The molecule has 3 aromatic rings. The molecule has 0 saturated carbocycles. The lowest BCUT2D eigenvalue weighted by Crippen LogP contribution is -2.38. The van der Waals surface area contributed by atoms with Gasteiger partial charge in [-0.25, -0.2) is 25.9 Å². The summed E-state index contributed by atoms with van der Waals surface area (Å²) in [6.07, 6.45) is -5.13. The van der Waals surface area contributed by atoms with E-state index in [4.69, 9.17) is 0 Å². The Kier molecular flexibility index (Phi) is 8.91. The number of hydrogen-bond donors (Lipinski definition) is 1. The minimum absolute atomic E-state index is 0.0741. The third kappa shape index (κ3) is 7.05. The quantitative estimate of drug-likeness (QED) is 0.236. The highest BCUT2D eigenvalue weighted by molar-refractivity contribution is 7.91. The standard InChI is InChI=1S/C25H20F7NO6S2/c1-3-15-12-16(8-10-18(15)14(2)33-41(37,38)25(30,31)32)23(34)19-11-9-17(39-24(27,28)29)13-22(19)40(35,36)21-7-5-4-6-20(21)26/h4-14,33H,3H2,1-2H3. The maximum Gasteiger partial charge on any atom is 0.573 e. The summed E-state index contributed by atoms with van der Waals surface area (Å²) in [6.45, 7) is 2.69. The van der Waals surface area contributed by atoms with E-state index in [1.54, 1.807) is 6.92 Å². The van der Waals surface area contributed by atoms with Crippen LogP contribution in [-0.4, -0.2) is 34.5 Å². The molecule has 0 heterocycles. The molecule has 0 aliphatic heterocycles. The van der Waals surface area contributed by atoms with Crippen LogP contribution in [0.25, 0.3) is 0 Å². The predicted octanol–water partition coefficient (Wildman–Crippen LogP) is 5.85. The van der Waals surface area contributed by atoms with E-state index in [1.807, 2.05) is 0 Å². The lowest BCUT2D eigenvalue weighted by atomic mass is 9.94. The monoisotopic (exact) mass is 627 g/mol. The molecule has 0 saturated heterocycles. The van der Waals surface area contributed by atoms with Crippen LogP contribution in [0, 0.1) is 5.82 Å². The lowest BCUT2D eigenvalue weighted by Gasteiger charge is -2.19. The van der Waals surface area contributed by atoms with E-state index in [0.717, 1.165) is 43.3 Å². The molecule has 3 rings (SSSR count). The van der Waals surface area contributed by atoms with E-state index in [2.05, 4.69) is 4.74 Å². The van der Waals surface area contributed by atoms with E-state index in [-0.39, 0.29) is 23.1 Å². The fourth-order valence-corrected chi connectivity index (χ4v) is 6.15. The van der Waals surface area contributed by atoms with E-state index >= 15 is 0 Å². The van der Waals surface area contributed by atoms with E-state index < -0.39 is 70.5 Å². The van der Waals surface area contributed by atoms with Crippen molar-refractivity contribution in [3.05, 3.63) is 88.7 Å². The molecule has 0 aliphatic rings. The largest absolute Gasteiger partial charge is 0.573 e. The van der Waals surface area contributed by atoms with Gasteiger partial charge in [0.2, 0.25) is 9.84 Å². The summed E-state index contributed by atoms with van der Waals surface area (Å²) in [5, 5.41) is 0. The number of hydrogen-bond acceptors (Lipinski definition) is 6. The van der Waals surface area contributed by atoms with Crippen LogP contribution in [0.3, 0.4) is 0 Å². The number of carbonyl (C=O) groups excluding carboxylic acids is 1. The zero-order valence-electron chi connectivity index (χ0n) is 21.0. The summed E-state index contributed by atoms with van der Waals surface area (Å²) in [4.78, 5) is 11.5. The number of benzene rings is 3. The third-order valence-corrected chi connectivity index (χ3v) is 8.84. The average molecular weight is 628 g/mol. The summed E-state index contributed by atoms with van der Waals surface area (Å²) in [5.74, 6) is -3.27. The van der Waals surface area contributed by atoms with Gasteiger partial charge in [-0.1, -0.05) is 31.2 Å². The minimum Gasteiger partial charge on any atom is -0.406 e. The molecule has 1 atom stereocenters. The zero-order valence-corrected chi connectivity index (χ0v) is 22.6. The van der Waals surface area contributed by atoms with Crippen LogP contribution in [0.4, 0.5) is 30.7 Å². The van der Waals surface area contributed by atoms with Crippen molar-refractivity contribution < 1.29 is 57.1 Å². The molecule has 0 spiro atoms. The first kappa shape index (κ1) is 32.0.